The summed E-state index contributed by atoms with van der Waals surface area (Å²) in [6, 6.07) is 4.35. The summed E-state index contributed by atoms with van der Waals surface area (Å²) in [7, 11) is -1.40. The zero-order valence-corrected chi connectivity index (χ0v) is 10.4. The molecule has 1 aromatic rings. The molecule has 1 unspecified atom stereocenters. The molecule has 17 heavy (non-hydrogen) atoms. The fourth-order valence-electron chi connectivity index (χ4n) is 1.05. The highest BCUT2D eigenvalue weighted by atomic mass is 31.1. The molecule has 94 valence electrons. The molecule has 0 aliphatic heterocycles. The third-order valence-electron chi connectivity index (χ3n) is 1.91. The van der Waals surface area contributed by atoms with Crippen molar-refractivity contribution in [3.05, 3.63) is 30.1 Å². The molecule has 0 heterocycles. The van der Waals surface area contributed by atoms with Crippen LogP contribution in [0.2, 0.25) is 0 Å². The summed E-state index contributed by atoms with van der Waals surface area (Å²) in [6.07, 6.45) is 0. The minimum absolute atomic E-state index is 0.264. The van der Waals surface area contributed by atoms with Crippen LogP contribution in [0, 0.1) is 5.82 Å². The first-order chi connectivity index (χ1) is 8.02. The quantitative estimate of drug-likeness (QED) is 0.646. The van der Waals surface area contributed by atoms with Gasteiger partial charge in [-0.15, -0.1) is 0 Å². The van der Waals surface area contributed by atoms with E-state index < -0.39 is 26.0 Å². The van der Waals surface area contributed by atoms with E-state index in [1.807, 2.05) is 0 Å². The van der Waals surface area contributed by atoms with E-state index in [1.54, 1.807) is 0 Å². The van der Waals surface area contributed by atoms with E-state index in [1.165, 1.54) is 38.3 Å². The van der Waals surface area contributed by atoms with E-state index in [2.05, 4.69) is 9.82 Å². The zero-order valence-electron chi connectivity index (χ0n) is 9.40. The Hall–Kier alpha value is -1.39. The number of methoxy groups -OCH3 is 1. The summed E-state index contributed by atoms with van der Waals surface area (Å²) in [4.78, 5) is 11.0. The smallest absolute Gasteiger partial charge is 0.323 e. The van der Waals surface area contributed by atoms with Crippen molar-refractivity contribution in [1.29, 1.82) is 0 Å². The number of nitrogens with one attached hydrogen (secondary N) is 1. The standard InChI is InChI=1S/C10H13FNO4P/c1-7(10(13)15-2)12-17(14)16-9-5-3-8(11)4-6-9/h3-7,17H,1-2H3,(H,12,14)/t7-/m0/s1. The molecule has 0 amide bonds. The normalized spacial score (nSPS) is 13.8. The second-order valence-corrected chi connectivity index (χ2v) is 4.30. The van der Waals surface area contributed by atoms with Crippen LogP contribution >= 0.6 is 8.18 Å². The second kappa shape index (κ2) is 6.37. The Bertz CT molecular complexity index is 409. The molecule has 0 aliphatic rings. The molecule has 2 atom stereocenters. The monoisotopic (exact) mass is 261 g/mol. The SMILES string of the molecule is COC(=O)[C@H](C)N[PH](=O)Oc1ccc(F)cc1. The van der Waals surface area contributed by atoms with E-state index in [0.717, 1.165) is 0 Å². The largest absolute Gasteiger partial charge is 0.468 e. The Balaban J connectivity index is 2.50. The minimum Gasteiger partial charge on any atom is -0.468 e. The van der Waals surface area contributed by atoms with Gasteiger partial charge in [0.05, 0.1) is 7.11 Å². The van der Waals surface area contributed by atoms with Crippen molar-refractivity contribution in [2.24, 2.45) is 0 Å². The number of ether oxygens (including phenoxy) is 1. The van der Waals surface area contributed by atoms with Gasteiger partial charge in [0.1, 0.15) is 17.6 Å². The van der Waals surface area contributed by atoms with Crippen LogP contribution < -0.4 is 9.61 Å². The van der Waals surface area contributed by atoms with Gasteiger partial charge >= 0.3 is 14.1 Å². The van der Waals surface area contributed by atoms with Crippen LogP contribution in [0.15, 0.2) is 24.3 Å². The van der Waals surface area contributed by atoms with Crippen LogP contribution in [0.5, 0.6) is 5.75 Å². The number of esters is 1. The van der Waals surface area contributed by atoms with E-state index in [4.69, 9.17) is 4.52 Å². The maximum absolute atomic E-state index is 12.6. The number of benzene rings is 1. The maximum Gasteiger partial charge on any atom is 0.323 e. The molecule has 0 saturated carbocycles. The van der Waals surface area contributed by atoms with Crippen LogP contribution in [0.1, 0.15) is 6.92 Å². The zero-order chi connectivity index (χ0) is 12.8. The molecule has 5 nitrogen and oxygen atoms in total. The topological polar surface area (TPSA) is 64.6 Å². The van der Waals surface area contributed by atoms with E-state index in [9.17, 15) is 13.8 Å². The molecule has 0 aromatic heterocycles. The highest BCUT2D eigenvalue weighted by molar-refractivity contribution is 7.37. The van der Waals surface area contributed by atoms with Gasteiger partial charge in [-0.25, -0.2) is 9.48 Å². The van der Waals surface area contributed by atoms with Crippen LogP contribution in [0.25, 0.3) is 0 Å². The van der Waals surface area contributed by atoms with Crippen molar-refractivity contribution in [2.45, 2.75) is 13.0 Å². The Morgan fingerprint density at radius 2 is 2.00 bits per heavy atom. The summed E-state index contributed by atoms with van der Waals surface area (Å²) in [5.74, 6) is -0.682. The van der Waals surface area contributed by atoms with Gasteiger partial charge in [0, 0.05) is 0 Å². The van der Waals surface area contributed by atoms with Gasteiger partial charge in [0.2, 0.25) is 0 Å². The predicted molar refractivity (Wildman–Crippen MR) is 60.6 cm³/mol. The molecular weight excluding hydrogens is 248 g/mol. The highest BCUT2D eigenvalue weighted by Crippen LogP contribution is 2.23. The molecule has 1 aromatic carbocycles. The van der Waals surface area contributed by atoms with Crippen molar-refractivity contribution < 1.29 is 23.0 Å². The number of rotatable bonds is 5. The van der Waals surface area contributed by atoms with E-state index in [-0.39, 0.29) is 5.75 Å². The first kappa shape index (κ1) is 13.7. The van der Waals surface area contributed by atoms with Crippen molar-refractivity contribution in [2.75, 3.05) is 7.11 Å². The first-order valence-corrected chi connectivity index (χ1v) is 6.16. The average Bonchev–Trinajstić information content (AvgIpc) is 2.30. The lowest BCUT2D eigenvalue weighted by atomic mass is 10.3. The molecule has 0 aliphatic carbocycles. The van der Waals surface area contributed by atoms with Gasteiger partial charge in [-0.2, -0.15) is 0 Å². The van der Waals surface area contributed by atoms with Crippen LogP contribution in [-0.2, 0) is 14.1 Å². The molecule has 1 rings (SSSR count). The van der Waals surface area contributed by atoms with Gasteiger partial charge in [0.25, 0.3) is 0 Å². The lowest BCUT2D eigenvalue weighted by molar-refractivity contribution is -0.142. The Morgan fingerprint density at radius 3 is 2.53 bits per heavy atom. The molecule has 7 heteroatoms. The number of hydrogen-bond donors (Lipinski definition) is 1. The third-order valence-corrected chi connectivity index (χ3v) is 3.00. The second-order valence-electron chi connectivity index (χ2n) is 3.23. The third kappa shape index (κ3) is 4.54. The molecule has 1 N–H and O–H groups in total. The van der Waals surface area contributed by atoms with Crippen molar-refractivity contribution in [3.8, 4) is 5.75 Å². The van der Waals surface area contributed by atoms with Gasteiger partial charge in [-0.05, 0) is 31.2 Å². The van der Waals surface area contributed by atoms with E-state index >= 15 is 0 Å². The van der Waals surface area contributed by atoms with Crippen LogP contribution in [0.4, 0.5) is 4.39 Å². The number of hydrogen-bond acceptors (Lipinski definition) is 4. The van der Waals surface area contributed by atoms with Crippen LogP contribution in [-0.4, -0.2) is 19.1 Å². The Morgan fingerprint density at radius 1 is 1.41 bits per heavy atom. The Kier molecular flexibility index (Phi) is 5.12. The number of halogens is 1. The van der Waals surface area contributed by atoms with Gasteiger partial charge in [0.15, 0.2) is 0 Å². The minimum atomic E-state index is -2.63. The summed E-state index contributed by atoms with van der Waals surface area (Å²) in [5.41, 5.74) is 0. The highest BCUT2D eigenvalue weighted by Gasteiger charge is 2.15. The summed E-state index contributed by atoms with van der Waals surface area (Å²) in [6.45, 7) is 1.50. The lowest BCUT2D eigenvalue weighted by Gasteiger charge is -2.12. The van der Waals surface area contributed by atoms with E-state index in [0.29, 0.717) is 0 Å². The molecule has 0 saturated heterocycles. The summed E-state index contributed by atoms with van der Waals surface area (Å²) >= 11 is 0. The van der Waals surface area contributed by atoms with Crippen molar-refractivity contribution >= 4 is 14.1 Å². The van der Waals surface area contributed by atoms with Gasteiger partial charge in [-0.3, -0.25) is 9.36 Å². The predicted octanol–water partition coefficient (Wildman–Crippen LogP) is 1.75. The summed E-state index contributed by atoms with van der Waals surface area (Å²) < 4.78 is 33.5. The first-order valence-electron chi connectivity index (χ1n) is 4.84. The fraction of sp³-hybridized carbons (Fsp3) is 0.300. The molecule has 0 fully saturated rings. The fourth-order valence-corrected chi connectivity index (χ4v) is 1.93. The molecular formula is C10H13FNO4P. The summed E-state index contributed by atoms with van der Waals surface area (Å²) in [5, 5.41) is 2.45. The van der Waals surface area contributed by atoms with Crippen molar-refractivity contribution in [3.63, 3.8) is 0 Å². The molecule has 0 spiro atoms. The molecule has 0 radical (unpaired) electrons. The average molecular weight is 261 g/mol. The Labute approximate surface area is 98.8 Å². The number of carbonyl (C=O) groups excluding carboxylic acids is 1. The van der Waals surface area contributed by atoms with Gasteiger partial charge in [-0.1, -0.05) is 0 Å². The lowest BCUT2D eigenvalue weighted by Crippen LogP contribution is -2.30. The van der Waals surface area contributed by atoms with Crippen molar-refractivity contribution in [1.82, 2.24) is 5.09 Å². The molecule has 0 bridgehead atoms. The number of carbonyl (C=O) groups is 1. The van der Waals surface area contributed by atoms with Gasteiger partial charge < -0.3 is 9.26 Å². The van der Waals surface area contributed by atoms with Crippen LogP contribution in [0.3, 0.4) is 0 Å². The maximum atomic E-state index is 12.6.